The lowest BCUT2D eigenvalue weighted by atomic mass is 10.0. The van der Waals surface area contributed by atoms with Gasteiger partial charge in [0.2, 0.25) is 0 Å². The van der Waals surface area contributed by atoms with Crippen molar-refractivity contribution in [2.24, 2.45) is 0 Å². The molecule has 0 radical (unpaired) electrons. The number of hydrogen-bond donors (Lipinski definition) is 15. The number of nitrogens with zero attached hydrogens (tertiary/aromatic N) is 5. The lowest BCUT2D eigenvalue weighted by Crippen LogP contribution is -2.35. The van der Waals surface area contributed by atoms with Crippen molar-refractivity contribution >= 4 is 72.1 Å². The van der Waals surface area contributed by atoms with Gasteiger partial charge in [-0.3, -0.25) is 62.6 Å². The zero-order valence-electron chi connectivity index (χ0n) is 71.6. The molecule has 20 atom stereocenters. The Morgan fingerprint density at radius 2 is 0.570 bits per heavy atom. The van der Waals surface area contributed by atoms with E-state index < -0.39 is 213 Å². The predicted octanol–water partition coefficient (Wildman–Crippen LogP) is 1.06. The maximum atomic E-state index is 12.2. The Balaban J connectivity index is 0.000000234. The van der Waals surface area contributed by atoms with Crippen LogP contribution in [0.15, 0.2) is 111 Å². The Hall–Kier alpha value is -6.48. The minimum Gasteiger partial charge on any atom is -0.388 e. The maximum Gasteiger partial charge on any atom is 0.332 e. The number of aromatic nitrogens is 10. The SMILES string of the molecule is C=CCCn1cc(C2O[C@H](CCP(=C)(C)C)[C@@H](O)[C@H]2O)c(=O)[nH]c1=O.C=CCn1cc(C2O[C@H](CCP(=C)(C)C)[C@@H](O)[C@H]2O)c(=O)[nH]c1=O.C=Cn1cc(C2O[C@H](CCP(=C)(C)C)[C@@H](O)[C@H]2O)c(=O)[nH]c1=O.C=P(C)(C)CC[C@H]1OC(c2cn(CCC)c(=O)[nH]c2=O)[C@H](O)[C@@H]1O.C=P(C)(C)CC[C@H]1OC(c2cn(CCCC)c(=O)[nH]c2=O)[C@H](O)[C@@H]1O. The topological polar surface area (TPSA) is 523 Å². The highest BCUT2D eigenvalue weighted by Crippen LogP contribution is 2.45. The second kappa shape index (κ2) is 44.6. The van der Waals surface area contributed by atoms with Gasteiger partial charge in [0.1, 0.15) is 91.6 Å². The first-order chi connectivity index (χ1) is 56.2. The van der Waals surface area contributed by atoms with Gasteiger partial charge in [-0.05, 0) is 149 Å². The van der Waals surface area contributed by atoms with Gasteiger partial charge in [-0.1, -0.05) is 39.0 Å². The third-order valence-electron chi connectivity index (χ3n) is 20.9. The van der Waals surface area contributed by atoms with Gasteiger partial charge in [0, 0.05) is 63.4 Å². The molecule has 35 nitrogen and oxygen atoms in total. The van der Waals surface area contributed by atoms with Crippen molar-refractivity contribution in [3.05, 3.63) is 195 Å². The summed E-state index contributed by atoms with van der Waals surface area (Å²) in [7, 11) is 0. The van der Waals surface area contributed by atoms with E-state index in [2.05, 4.69) is 143 Å². The Morgan fingerprint density at radius 3 is 0.810 bits per heavy atom. The molecular weight excluding hydrogens is 1670 g/mol. The number of rotatable bonds is 31. The Kier molecular flexibility index (Phi) is 38.1. The summed E-state index contributed by atoms with van der Waals surface area (Å²) in [5.41, 5.74) is -5.03. The molecule has 5 aliphatic rings. The van der Waals surface area contributed by atoms with Gasteiger partial charge < -0.3 is 83.9 Å². The fourth-order valence-corrected chi connectivity index (χ4v) is 18.7. The maximum absolute atomic E-state index is 12.2. The van der Waals surface area contributed by atoms with Crippen molar-refractivity contribution in [2.75, 3.05) is 97.5 Å². The Labute approximate surface area is 703 Å². The average Bonchev–Trinajstić information content (AvgIpc) is 1.69. The highest BCUT2D eigenvalue weighted by molar-refractivity contribution is 7.73. The molecule has 0 aromatic carbocycles. The molecule has 0 bridgehead atoms. The van der Waals surface area contributed by atoms with E-state index in [-0.39, 0.29) is 34.4 Å². The normalized spacial score (nSPS) is 27.3. The second-order valence-corrected chi connectivity index (χ2v) is 56.5. The van der Waals surface area contributed by atoms with E-state index in [1.807, 2.05) is 13.8 Å². The fraction of sp³-hybridized carbons (Fsp3) is 0.617. The van der Waals surface area contributed by atoms with Crippen molar-refractivity contribution in [1.82, 2.24) is 47.8 Å². The molecular formula is C81H131N10O25P5. The molecule has 5 fully saturated rings. The van der Waals surface area contributed by atoms with E-state index in [4.69, 9.17) is 23.7 Å². The van der Waals surface area contributed by atoms with Gasteiger partial charge in [-0.15, -0.1) is 79.1 Å². The first-order valence-corrected chi connectivity index (χ1v) is 55.4. The molecule has 0 aliphatic carbocycles. The predicted molar refractivity (Wildman–Crippen MR) is 488 cm³/mol. The van der Waals surface area contributed by atoms with E-state index in [9.17, 15) is 99.0 Å². The first kappa shape index (κ1) is 103. The number of aromatic amines is 5. The van der Waals surface area contributed by atoms with Crippen LogP contribution in [0, 0.1) is 0 Å². The summed E-state index contributed by atoms with van der Waals surface area (Å²) in [6, 6.07) is 0. The van der Waals surface area contributed by atoms with Crippen LogP contribution < -0.4 is 56.2 Å². The van der Waals surface area contributed by atoms with Gasteiger partial charge in [0.25, 0.3) is 27.8 Å². The fourth-order valence-electron chi connectivity index (χ4n) is 13.9. The molecule has 0 spiro atoms. The van der Waals surface area contributed by atoms with Crippen LogP contribution in [-0.4, -0.2) is 319 Å². The van der Waals surface area contributed by atoms with Crippen LogP contribution in [0.25, 0.3) is 6.20 Å². The number of aliphatic hydroxyl groups excluding tert-OH is 10. The molecule has 0 amide bonds. The molecule has 5 aromatic heterocycles. The summed E-state index contributed by atoms with van der Waals surface area (Å²) in [5.74, 6) is 0. The van der Waals surface area contributed by atoms with Crippen molar-refractivity contribution in [2.45, 2.75) is 220 Å². The van der Waals surface area contributed by atoms with Crippen LogP contribution in [0.2, 0.25) is 0 Å². The van der Waals surface area contributed by atoms with Crippen LogP contribution in [0.5, 0.6) is 0 Å². The number of H-pyrrole nitrogens is 5. The van der Waals surface area contributed by atoms with Gasteiger partial charge in [0.05, 0.1) is 58.3 Å². The first-order valence-electron chi connectivity index (χ1n) is 40.2. The van der Waals surface area contributed by atoms with Crippen molar-refractivity contribution < 1.29 is 74.7 Å². The van der Waals surface area contributed by atoms with E-state index in [1.165, 1.54) is 61.5 Å². The highest BCUT2D eigenvalue weighted by atomic mass is 31.2. The largest absolute Gasteiger partial charge is 0.388 e. The lowest BCUT2D eigenvalue weighted by molar-refractivity contribution is 0.00493. The zero-order valence-corrected chi connectivity index (χ0v) is 76.1. The zero-order chi connectivity index (χ0) is 91.0. The average molecular weight is 1800 g/mol. The molecule has 10 heterocycles. The summed E-state index contributed by atoms with van der Waals surface area (Å²) < 4.78 is 35.3. The van der Waals surface area contributed by atoms with Crippen LogP contribution in [0.1, 0.15) is 130 Å². The molecule has 121 heavy (non-hydrogen) atoms. The quantitative estimate of drug-likeness (QED) is 0.0218. The molecule has 680 valence electrons. The number of aryl methyl sites for hydroxylation is 3. The number of aliphatic hydroxyl groups is 10. The van der Waals surface area contributed by atoms with Gasteiger partial charge >= 0.3 is 28.4 Å². The smallest absolute Gasteiger partial charge is 0.332 e. The number of nitrogens with one attached hydrogen (secondary N) is 5. The molecule has 5 aromatic rings. The number of ether oxygens (including phenoxy) is 5. The standard InChI is InChI=1S/C17H29N2O5P.C17H27N2O5P.C16H27N2O5P.C16H25N2O5P.C15H23N2O5P/c2*1-5-6-8-19-10-11(16(22)18-17(19)23)15-14(21)13(20)12(24-15)7-9-25(2,3)4;2*1-5-7-18-9-10(15(21)17-16(18)22)14-13(20)12(19)11(23-14)6-8-24(2,3)4;1-5-17-8-9(14(20)16-15(17)21)13-12(19)11(18)10(22-13)6-7-23(2,3)4/h10,12-15,20-21H,2,5-9H2,1,3-4H3,(H,18,22,23);5,10,12-15,20-21H,1-2,6-9H2,3-4H3,(H,18,22,23);9,11-14,19-20H,2,5-8H2,1,3-4H3,(H,17,21,22);5,9,11-14,19-20H,1-2,6-8H2,3-4H3,(H,17,21,22);5,8,10-13,18-19H,1-2,6-7H2,3-4H3,(H,16,20,21)/t2*12-,13-,14-,15?;2*11-,12-,13-,14?;10-,11-,12-,13?/m11111/s1. The van der Waals surface area contributed by atoms with E-state index in [0.29, 0.717) is 58.2 Å². The van der Waals surface area contributed by atoms with Crippen LogP contribution >= 0.6 is 34.4 Å². The number of unbranched alkanes of at least 4 members (excludes halogenated alkanes) is 1. The number of hydrogen-bond acceptors (Lipinski definition) is 25. The van der Waals surface area contributed by atoms with Crippen LogP contribution in [-0.2, 0) is 49.9 Å². The van der Waals surface area contributed by atoms with Crippen molar-refractivity contribution in [3.8, 4) is 0 Å². The highest BCUT2D eigenvalue weighted by Gasteiger charge is 2.49. The summed E-state index contributed by atoms with van der Waals surface area (Å²) in [6.07, 6.45) is 22.8. The van der Waals surface area contributed by atoms with E-state index in [1.54, 1.807) is 6.08 Å². The minimum absolute atomic E-state index is 0.0854. The molecule has 10 rings (SSSR count). The minimum atomic E-state index is -1.29. The Bertz CT molecular complexity index is 5260. The summed E-state index contributed by atoms with van der Waals surface area (Å²) in [6.45, 7) is 30.5. The number of allylic oxidation sites excluding steroid dienone is 2. The molecule has 5 saturated heterocycles. The molecule has 15 N–H and O–H groups in total. The van der Waals surface area contributed by atoms with Crippen LogP contribution in [0.3, 0.4) is 0 Å². The summed E-state index contributed by atoms with van der Waals surface area (Å²) in [5, 5.41) is 103. The van der Waals surface area contributed by atoms with Gasteiger partial charge in [-0.25, -0.2) is 24.0 Å². The molecule has 5 unspecified atom stereocenters. The van der Waals surface area contributed by atoms with Crippen LogP contribution in [0.4, 0.5) is 0 Å². The lowest BCUT2D eigenvalue weighted by Gasteiger charge is -2.18. The summed E-state index contributed by atoms with van der Waals surface area (Å²) >= 11 is 0. The van der Waals surface area contributed by atoms with Crippen molar-refractivity contribution in [1.29, 1.82) is 0 Å². The van der Waals surface area contributed by atoms with E-state index >= 15 is 0 Å². The molecule has 5 aliphatic heterocycles. The monoisotopic (exact) mass is 1800 g/mol. The molecule has 40 heteroatoms. The second-order valence-electron chi connectivity index (χ2n) is 34.9. The Morgan fingerprint density at radius 1 is 0.331 bits per heavy atom. The van der Waals surface area contributed by atoms with Crippen molar-refractivity contribution in [3.63, 3.8) is 0 Å². The third-order valence-corrected chi connectivity index (χ3v) is 28.2. The van der Waals surface area contributed by atoms with Gasteiger partial charge in [0.15, 0.2) is 0 Å². The summed E-state index contributed by atoms with van der Waals surface area (Å²) in [4.78, 5) is 130. The van der Waals surface area contributed by atoms with E-state index in [0.717, 1.165) is 54.6 Å². The molecule has 0 saturated carbocycles. The van der Waals surface area contributed by atoms with Gasteiger partial charge in [-0.2, -0.15) is 0 Å². The third kappa shape index (κ3) is 29.3.